The molecule has 98 valence electrons. The first-order valence-corrected chi connectivity index (χ1v) is 6.46. The van der Waals surface area contributed by atoms with Crippen molar-refractivity contribution in [1.82, 2.24) is 4.90 Å². The Labute approximate surface area is 114 Å². The zero-order chi connectivity index (χ0) is 13.0. The highest BCUT2D eigenvalue weighted by Crippen LogP contribution is 2.21. The van der Waals surface area contributed by atoms with Crippen LogP contribution in [0.1, 0.15) is 0 Å². The van der Waals surface area contributed by atoms with Crippen molar-refractivity contribution >= 4 is 27.6 Å². The molecule has 18 heavy (non-hydrogen) atoms. The third-order valence-corrected chi connectivity index (χ3v) is 3.27. The average Bonchev–Trinajstić information content (AvgIpc) is 2.84. The Morgan fingerprint density at radius 1 is 1.44 bits per heavy atom. The topological polar surface area (TPSA) is 50.8 Å². The SMILES string of the molecule is CN(CC1OCCO1)C(=O)Nc1ccccc1Br. The van der Waals surface area contributed by atoms with E-state index in [2.05, 4.69) is 21.2 Å². The summed E-state index contributed by atoms with van der Waals surface area (Å²) in [7, 11) is 1.71. The van der Waals surface area contributed by atoms with Crippen LogP contribution in [-0.4, -0.2) is 44.0 Å². The third kappa shape index (κ3) is 3.44. The number of likely N-dealkylation sites (N-methyl/N-ethyl adjacent to an activating group) is 1. The van der Waals surface area contributed by atoms with Gasteiger partial charge < -0.3 is 19.7 Å². The number of amides is 2. The van der Waals surface area contributed by atoms with Gasteiger partial charge in [-0.05, 0) is 28.1 Å². The molecule has 1 aromatic carbocycles. The number of urea groups is 1. The van der Waals surface area contributed by atoms with Crippen LogP contribution < -0.4 is 5.32 Å². The highest BCUT2D eigenvalue weighted by atomic mass is 79.9. The number of carbonyl (C=O) groups excluding carboxylic acids is 1. The van der Waals surface area contributed by atoms with E-state index < -0.39 is 0 Å². The summed E-state index contributed by atoms with van der Waals surface area (Å²) >= 11 is 3.38. The fourth-order valence-corrected chi connectivity index (χ4v) is 1.98. The number of anilines is 1. The first-order chi connectivity index (χ1) is 8.66. The van der Waals surface area contributed by atoms with E-state index in [0.717, 1.165) is 10.2 Å². The van der Waals surface area contributed by atoms with Crippen LogP contribution in [0.15, 0.2) is 28.7 Å². The lowest BCUT2D eigenvalue weighted by atomic mass is 10.3. The second-order valence-electron chi connectivity index (χ2n) is 3.96. The molecular formula is C12H15BrN2O3. The third-order valence-electron chi connectivity index (χ3n) is 2.58. The molecule has 1 heterocycles. The number of para-hydroxylation sites is 1. The van der Waals surface area contributed by atoms with Gasteiger partial charge in [-0.1, -0.05) is 12.1 Å². The molecule has 0 radical (unpaired) electrons. The summed E-state index contributed by atoms with van der Waals surface area (Å²) in [5, 5.41) is 2.81. The van der Waals surface area contributed by atoms with E-state index in [1.165, 1.54) is 4.90 Å². The van der Waals surface area contributed by atoms with Gasteiger partial charge in [-0.2, -0.15) is 0 Å². The van der Waals surface area contributed by atoms with Crippen LogP contribution >= 0.6 is 15.9 Å². The maximum atomic E-state index is 11.9. The first kappa shape index (κ1) is 13.3. The van der Waals surface area contributed by atoms with Gasteiger partial charge in [0.15, 0.2) is 6.29 Å². The predicted octanol–water partition coefficient (Wildman–Crippen LogP) is 2.29. The molecule has 1 fully saturated rings. The fourth-order valence-electron chi connectivity index (χ4n) is 1.59. The maximum Gasteiger partial charge on any atom is 0.321 e. The number of ether oxygens (including phenoxy) is 2. The number of halogens is 1. The van der Waals surface area contributed by atoms with Gasteiger partial charge in [-0.15, -0.1) is 0 Å². The maximum absolute atomic E-state index is 11.9. The largest absolute Gasteiger partial charge is 0.348 e. The molecule has 0 unspecified atom stereocenters. The van der Waals surface area contributed by atoms with Gasteiger partial charge >= 0.3 is 6.03 Å². The fraction of sp³-hybridized carbons (Fsp3) is 0.417. The lowest BCUT2D eigenvalue weighted by Crippen LogP contribution is -2.37. The molecule has 1 aliphatic rings. The molecule has 0 atom stereocenters. The van der Waals surface area contributed by atoms with E-state index in [-0.39, 0.29) is 12.3 Å². The molecule has 0 bridgehead atoms. The number of carbonyl (C=O) groups is 1. The van der Waals surface area contributed by atoms with Crippen molar-refractivity contribution in [2.45, 2.75) is 6.29 Å². The van der Waals surface area contributed by atoms with Crippen molar-refractivity contribution in [1.29, 1.82) is 0 Å². The monoisotopic (exact) mass is 314 g/mol. The Kier molecular flexibility index (Phi) is 4.57. The molecule has 1 saturated heterocycles. The van der Waals surface area contributed by atoms with Gasteiger partial charge in [0.05, 0.1) is 25.4 Å². The van der Waals surface area contributed by atoms with Crippen molar-refractivity contribution in [2.75, 3.05) is 32.1 Å². The molecule has 0 saturated carbocycles. The van der Waals surface area contributed by atoms with E-state index in [1.54, 1.807) is 7.05 Å². The summed E-state index contributed by atoms with van der Waals surface area (Å²) in [6, 6.07) is 7.27. The number of hydrogen-bond donors (Lipinski definition) is 1. The van der Waals surface area contributed by atoms with E-state index >= 15 is 0 Å². The highest BCUT2D eigenvalue weighted by Gasteiger charge is 2.20. The zero-order valence-electron chi connectivity index (χ0n) is 10.1. The summed E-state index contributed by atoms with van der Waals surface area (Å²) in [4.78, 5) is 13.5. The van der Waals surface area contributed by atoms with Crippen molar-refractivity contribution < 1.29 is 14.3 Å². The second-order valence-corrected chi connectivity index (χ2v) is 4.82. The lowest BCUT2D eigenvalue weighted by molar-refractivity contribution is -0.0518. The van der Waals surface area contributed by atoms with Crippen LogP contribution in [0.2, 0.25) is 0 Å². The van der Waals surface area contributed by atoms with Gasteiger partial charge in [-0.25, -0.2) is 4.79 Å². The van der Waals surface area contributed by atoms with Gasteiger partial charge in [-0.3, -0.25) is 0 Å². The molecule has 1 aromatic rings. The van der Waals surface area contributed by atoms with E-state index in [9.17, 15) is 4.79 Å². The zero-order valence-corrected chi connectivity index (χ0v) is 11.6. The molecule has 2 rings (SSSR count). The van der Waals surface area contributed by atoms with Crippen molar-refractivity contribution in [3.05, 3.63) is 28.7 Å². The molecule has 1 aliphatic heterocycles. The summed E-state index contributed by atoms with van der Waals surface area (Å²) in [5.41, 5.74) is 0.739. The number of nitrogens with one attached hydrogen (secondary N) is 1. The van der Waals surface area contributed by atoms with Crippen molar-refractivity contribution in [2.24, 2.45) is 0 Å². The van der Waals surface area contributed by atoms with Crippen molar-refractivity contribution in [3.63, 3.8) is 0 Å². The Morgan fingerprint density at radius 2 is 2.11 bits per heavy atom. The van der Waals surface area contributed by atoms with Crippen LogP contribution in [-0.2, 0) is 9.47 Å². The number of rotatable bonds is 3. The predicted molar refractivity (Wildman–Crippen MR) is 71.5 cm³/mol. The summed E-state index contributed by atoms with van der Waals surface area (Å²) in [5.74, 6) is 0. The minimum Gasteiger partial charge on any atom is -0.348 e. The standard InChI is InChI=1S/C12H15BrN2O3/c1-15(8-11-17-6-7-18-11)12(16)14-10-5-3-2-4-9(10)13/h2-5,11H,6-8H2,1H3,(H,14,16). The van der Waals surface area contributed by atoms with Crippen LogP contribution in [0.5, 0.6) is 0 Å². The minimum absolute atomic E-state index is 0.194. The lowest BCUT2D eigenvalue weighted by Gasteiger charge is -2.21. The van der Waals surface area contributed by atoms with Crippen LogP contribution in [0.25, 0.3) is 0 Å². The van der Waals surface area contributed by atoms with Gasteiger partial charge in [0.1, 0.15) is 0 Å². The van der Waals surface area contributed by atoms with Crippen LogP contribution in [0.4, 0.5) is 10.5 Å². The number of nitrogens with zero attached hydrogens (tertiary/aromatic N) is 1. The highest BCUT2D eigenvalue weighted by molar-refractivity contribution is 9.10. The smallest absolute Gasteiger partial charge is 0.321 e. The Morgan fingerprint density at radius 3 is 2.78 bits per heavy atom. The first-order valence-electron chi connectivity index (χ1n) is 5.66. The van der Waals surface area contributed by atoms with Crippen LogP contribution in [0.3, 0.4) is 0 Å². The van der Waals surface area contributed by atoms with Gasteiger partial charge in [0, 0.05) is 11.5 Å². The molecule has 6 heteroatoms. The Hall–Kier alpha value is -1.11. The quantitative estimate of drug-likeness (QED) is 0.931. The Balaban J connectivity index is 1.89. The summed E-state index contributed by atoms with van der Waals surface area (Å²) in [6.07, 6.45) is -0.319. The Bertz CT molecular complexity index is 422. The molecular weight excluding hydrogens is 300 g/mol. The van der Waals surface area contributed by atoms with Crippen LogP contribution in [0, 0.1) is 0 Å². The second kappa shape index (κ2) is 6.17. The van der Waals surface area contributed by atoms with E-state index in [1.807, 2.05) is 24.3 Å². The molecule has 5 nitrogen and oxygen atoms in total. The molecule has 1 N–H and O–H groups in total. The normalized spacial score (nSPS) is 15.7. The van der Waals surface area contributed by atoms with Gasteiger partial charge in [0.2, 0.25) is 0 Å². The molecule has 2 amide bonds. The van der Waals surface area contributed by atoms with E-state index in [0.29, 0.717) is 19.8 Å². The summed E-state index contributed by atoms with van der Waals surface area (Å²) in [6.45, 7) is 1.59. The molecule has 0 aliphatic carbocycles. The summed E-state index contributed by atoms with van der Waals surface area (Å²) < 4.78 is 11.4. The van der Waals surface area contributed by atoms with Gasteiger partial charge in [0.25, 0.3) is 0 Å². The minimum atomic E-state index is -0.319. The number of hydrogen-bond acceptors (Lipinski definition) is 3. The van der Waals surface area contributed by atoms with Crippen molar-refractivity contribution in [3.8, 4) is 0 Å². The molecule has 0 aromatic heterocycles. The number of benzene rings is 1. The van der Waals surface area contributed by atoms with E-state index in [4.69, 9.17) is 9.47 Å². The molecule has 0 spiro atoms. The average molecular weight is 315 g/mol.